The van der Waals surface area contributed by atoms with E-state index >= 15 is 0 Å². The van der Waals surface area contributed by atoms with Crippen LogP contribution in [0, 0.1) is 6.92 Å². The van der Waals surface area contributed by atoms with Crippen molar-refractivity contribution in [3.05, 3.63) is 71.4 Å². The molecule has 3 aromatic rings. The fraction of sp³-hybridized carbons (Fsp3) is 0.375. The van der Waals surface area contributed by atoms with Crippen molar-refractivity contribution < 1.29 is 4.79 Å². The third-order valence-corrected chi connectivity index (χ3v) is 6.77. The number of carbonyl (C=O) groups is 1. The van der Waals surface area contributed by atoms with Gasteiger partial charge < -0.3 is 10.3 Å². The molecular weight excluding hydrogens is 346 g/mol. The molecule has 144 valence electrons. The molecule has 28 heavy (non-hydrogen) atoms. The van der Waals surface area contributed by atoms with Crippen molar-refractivity contribution in [2.45, 2.75) is 44.2 Å². The number of hydrogen-bond acceptors (Lipinski definition) is 2. The monoisotopic (exact) mass is 373 g/mol. The van der Waals surface area contributed by atoms with E-state index in [0.717, 1.165) is 44.5 Å². The van der Waals surface area contributed by atoms with E-state index in [1.165, 1.54) is 22.2 Å². The Labute approximate surface area is 165 Å². The Morgan fingerprint density at radius 1 is 1.04 bits per heavy atom. The summed E-state index contributed by atoms with van der Waals surface area (Å²) in [5, 5.41) is 4.68. The number of para-hydroxylation sites is 1. The van der Waals surface area contributed by atoms with Crippen molar-refractivity contribution in [1.29, 1.82) is 0 Å². The Morgan fingerprint density at radius 3 is 2.50 bits per heavy atom. The molecule has 2 aromatic carbocycles. The molecule has 2 saturated heterocycles. The summed E-state index contributed by atoms with van der Waals surface area (Å²) in [4.78, 5) is 18.8. The number of piperidine rings is 1. The number of aromatic amines is 1. The molecule has 1 atom stereocenters. The molecule has 0 saturated carbocycles. The van der Waals surface area contributed by atoms with Gasteiger partial charge in [-0.2, -0.15) is 0 Å². The van der Waals surface area contributed by atoms with E-state index in [1.807, 2.05) is 18.2 Å². The highest BCUT2D eigenvalue weighted by atomic mass is 16.2. The van der Waals surface area contributed by atoms with Gasteiger partial charge >= 0.3 is 0 Å². The van der Waals surface area contributed by atoms with Gasteiger partial charge in [-0.25, -0.2) is 0 Å². The number of hydrogen-bond donors (Lipinski definition) is 2. The highest BCUT2D eigenvalue weighted by molar-refractivity contribution is 5.87. The van der Waals surface area contributed by atoms with Gasteiger partial charge in [-0.1, -0.05) is 48.5 Å². The average Bonchev–Trinajstić information content (AvgIpc) is 3.22. The van der Waals surface area contributed by atoms with Crippen LogP contribution in [-0.2, 0) is 11.3 Å². The van der Waals surface area contributed by atoms with Crippen molar-refractivity contribution >= 4 is 16.8 Å². The number of fused-ring (bicyclic) bond motifs is 1. The minimum absolute atomic E-state index is 0.00343. The normalized spacial score (nSPS) is 22.0. The summed E-state index contributed by atoms with van der Waals surface area (Å²) < 4.78 is 0. The minimum Gasteiger partial charge on any atom is -0.357 e. The first-order valence-electron chi connectivity index (χ1n) is 10.3. The number of nitrogens with one attached hydrogen (secondary N) is 2. The van der Waals surface area contributed by atoms with Crippen LogP contribution in [-0.4, -0.2) is 34.4 Å². The predicted octanol–water partition coefficient (Wildman–Crippen LogP) is 4.11. The molecule has 0 radical (unpaired) electrons. The van der Waals surface area contributed by atoms with Gasteiger partial charge in [0.2, 0.25) is 5.91 Å². The molecule has 0 bridgehead atoms. The summed E-state index contributed by atoms with van der Waals surface area (Å²) in [5.41, 5.74) is 5.01. The van der Waals surface area contributed by atoms with Crippen LogP contribution in [0.25, 0.3) is 10.9 Å². The molecule has 2 aliphatic heterocycles. The Morgan fingerprint density at radius 2 is 1.75 bits per heavy atom. The number of nitrogens with zero attached hydrogens (tertiary/aromatic N) is 1. The number of aryl methyl sites for hydroxylation is 1. The van der Waals surface area contributed by atoms with Gasteiger partial charge in [0.1, 0.15) is 0 Å². The molecule has 1 aromatic heterocycles. The fourth-order valence-corrected chi connectivity index (χ4v) is 5.03. The largest absolute Gasteiger partial charge is 0.357 e. The zero-order valence-corrected chi connectivity index (χ0v) is 16.4. The van der Waals surface area contributed by atoms with Crippen LogP contribution in [0.3, 0.4) is 0 Å². The first-order chi connectivity index (χ1) is 13.6. The maximum absolute atomic E-state index is 12.6. The molecule has 2 aliphatic rings. The summed E-state index contributed by atoms with van der Waals surface area (Å²) in [7, 11) is 0. The van der Waals surface area contributed by atoms with Crippen molar-refractivity contribution in [3.8, 4) is 0 Å². The second-order valence-corrected chi connectivity index (χ2v) is 8.49. The molecule has 4 nitrogen and oxygen atoms in total. The lowest BCUT2D eigenvalue weighted by atomic mass is 9.82. The van der Waals surface area contributed by atoms with Gasteiger partial charge in [0.25, 0.3) is 0 Å². The standard InChI is InChI=1S/C24H27N3O/c1-17-19-9-5-6-10-21(19)25-22(17)16-27-13-11-24(12-14-27)15-20(23(28)26-24)18-7-3-2-4-8-18/h2-10,20,25H,11-16H2,1H3,(H,26,28)/t20-/m0/s1. The summed E-state index contributed by atoms with van der Waals surface area (Å²) in [6, 6.07) is 18.7. The molecule has 0 aliphatic carbocycles. The second kappa shape index (κ2) is 6.78. The van der Waals surface area contributed by atoms with Crippen LogP contribution in [0.15, 0.2) is 54.6 Å². The van der Waals surface area contributed by atoms with Gasteiger partial charge in [0, 0.05) is 41.8 Å². The number of amides is 1. The van der Waals surface area contributed by atoms with E-state index in [2.05, 4.69) is 58.5 Å². The van der Waals surface area contributed by atoms with E-state index in [0.29, 0.717) is 0 Å². The van der Waals surface area contributed by atoms with Gasteiger partial charge in [0.15, 0.2) is 0 Å². The average molecular weight is 374 g/mol. The highest BCUT2D eigenvalue weighted by Gasteiger charge is 2.46. The molecule has 1 amide bonds. The molecule has 5 rings (SSSR count). The van der Waals surface area contributed by atoms with Crippen LogP contribution < -0.4 is 5.32 Å². The van der Waals surface area contributed by atoms with Gasteiger partial charge in [-0.3, -0.25) is 9.69 Å². The summed E-state index contributed by atoms with van der Waals surface area (Å²) >= 11 is 0. The van der Waals surface area contributed by atoms with Crippen LogP contribution >= 0.6 is 0 Å². The van der Waals surface area contributed by atoms with E-state index in [-0.39, 0.29) is 17.4 Å². The van der Waals surface area contributed by atoms with Crippen molar-refractivity contribution in [2.75, 3.05) is 13.1 Å². The molecule has 4 heteroatoms. The lowest BCUT2D eigenvalue weighted by molar-refractivity contribution is -0.121. The first kappa shape index (κ1) is 17.5. The number of likely N-dealkylation sites (tertiary alicyclic amines) is 1. The molecule has 2 fully saturated rings. The molecule has 0 unspecified atom stereocenters. The van der Waals surface area contributed by atoms with Crippen LogP contribution in [0.2, 0.25) is 0 Å². The van der Waals surface area contributed by atoms with Gasteiger partial charge in [-0.15, -0.1) is 0 Å². The Bertz CT molecular complexity index is 999. The van der Waals surface area contributed by atoms with Crippen molar-refractivity contribution in [2.24, 2.45) is 0 Å². The molecule has 3 heterocycles. The predicted molar refractivity (Wildman–Crippen MR) is 112 cm³/mol. The number of benzene rings is 2. The highest BCUT2D eigenvalue weighted by Crippen LogP contribution is 2.39. The Balaban J connectivity index is 1.26. The van der Waals surface area contributed by atoms with Gasteiger partial charge in [-0.05, 0) is 43.4 Å². The van der Waals surface area contributed by atoms with E-state index in [4.69, 9.17) is 0 Å². The quantitative estimate of drug-likeness (QED) is 0.726. The molecule has 2 N–H and O–H groups in total. The lowest BCUT2D eigenvalue weighted by Gasteiger charge is -2.39. The Kier molecular flexibility index (Phi) is 4.24. The maximum Gasteiger partial charge on any atom is 0.228 e. The SMILES string of the molecule is Cc1c(CN2CCC3(CC2)C[C@@H](c2ccccc2)C(=O)N3)[nH]c2ccccc12. The van der Waals surface area contributed by atoms with Crippen molar-refractivity contribution in [1.82, 2.24) is 15.2 Å². The van der Waals surface area contributed by atoms with E-state index < -0.39 is 0 Å². The smallest absolute Gasteiger partial charge is 0.228 e. The summed E-state index contributed by atoms with van der Waals surface area (Å²) in [6.45, 7) is 5.21. The van der Waals surface area contributed by atoms with Crippen molar-refractivity contribution in [3.63, 3.8) is 0 Å². The molecular formula is C24H27N3O. The lowest BCUT2D eigenvalue weighted by Crippen LogP contribution is -2.50. The zero-order valence-electron chi connectivity index (χ0n) is 16.4. The van der Waals surface area contributed by atoms with Crippen LogP contribution in [0.5, 0.6) is 0 Å². The third kappa shape index (κ3) is 3.02. The minimum atomic E-state index is -0.0242. The topological polar surface area (TPSA) is 48.1 Å². The number of aromatic nitrogens is 1. The number of rotatable bonds is 3. The summed E-state index contributed by atoms with van der Waals surface area (Å²) in [5.74, 6) is 0.204. The zero-order chi connectivity index (χ0) is 19.1. The Hall–Kier alpha value is -2.59. The van der Waals surface area contributed by atoms with Crippen LogP contribution in [0.1, 0.15) is 42.0 Å². The fourth-order valence-electron chi connectivity index (χ4n) is 5.03. The third-order valence-electron chi connectivity index (χ3n) is 6.77. The molecule has 1 spiro atoms. The maximum atomic E-state index is 12.6. The number of carbonyl (C=O) groups excluding carboxylic acids is 1. The van der Waals surface area contributed by atoms with Gasteiger partial charge in [0.05, 0.1) is 5.92 Å². The number of H-pyrrole nitrogens is 1. The first-order valence-corrected chi connectivity index (χ1v) is 10.3. The van der Waals surface area contributed by atoms with E-state index in [9.17, 15) is 4.79 Å². The second-order valence-electron chi connectivity index (χ2n) is 8.49. The van der Waals surface area contributed by atoms with Crippen LogP contribution in [0.4, 0.5) is 0 Å². The summed E-state index contributed by atoms with van der Waals surface area (Å²) in [6.07, 6.45) is 2.98. The van der Waals surface area contributed by atoms with E-state index in [1.54, 1.807) is 0 Å².